The van der Waals surface area contributed by atoms with E-state index in [2.05, 4.69) is 92.0 Å². The highest BCUT2D eigenvalue weighted by molar-refractivity contribution is 7.15. The lowest BCUT2D eigenvalue weighted by atomic mass is 10.1. The fourth-order valence-corrected chi connectivity index (χ4v) is 5.85. The van der Waals surface area contributed by atoms with Gasteiger partial charge in [0.1, 0.15) is 12.3 Å². The van der Waals surface area contributed by atoms with Crippen molar-refractivity contribution in [3.05, 3.63) is 114 Å². The van der Waals surface area contributed by atoms with Gasteiger partial charge in [0.2, 0.25) is 0 Å². The molecule has 1 unspecified atom stereocenters. The Balaban J connectivity index is 0.000000174. The fraction of sp³-hybridized carbons (Fsp3) is 0.229. The number of thiazole rings is 1. The third-order valence-corrected chi connectivity index (χ3v) is 8.30. The highest BCUT2D eigenvalue weighted by atomic mass is 32.1. The molecule has 1 amide bonds. The number of hydroxylamine groups is 3. The Bertz CT molecular complexity index is 1730. The van der Waals surface area contributed by atoms with Crippen molar-refractivity contribution in [3.63, 3.8) is 0 Å². The number of carbonyl (C=O) groups is 2. The maximum absolute atomic E-state index is 10.9. The van der Waals surface area contributed by atoms with Gasteiger partial charge in [0, 0.05) is 29.8 Å². The number of fused-ring (bicyclic) bond motifs is 1. The van der Waals surface area contributed by atoms with Crippen molar-refractivity contribution in [3.8, 4) is 22.5 Å². The Hall–Kier alpha value is -4.97. The van der Waals surface area contributed by atoms with Crippen LogP contribution in [0.2, 0.25) is 0 Å². The van der Waals surface area contributed by atoms with Crippen molar-refractivity contribution < 1.29 is 19.3 Å². The predicted molar refractivity (Wildman–Crippen MR) is 181 cm³/mol. The van der Waals surface area contributed by atoms with Gasteiger partial charge in [0.05, 0.1) is 30.4 Å². The molecule has 7 rings (SSSR count). The highest BCUT2D eigenvalue weighted by Crippen LogP contribution is 2.30. The molecule has 10 nitrogen and oxygen atoms in total. The fourth-order valence-electron chi connectivity index (χ4n) is 4.97. The summed E-state index contributed by atoms with van der Waals surface area (Å²) in [5, 5.41) is 6.19. The summed E-state index contributed by atoms with van der Waals surface area (Å²) >= 11 is 1.66. The van der Waals surface area contributed by atoms with Gasteiger partial charge < -0.3 is 19.7 Å². The van der Waals surface area contributed by atoms with E-state index in [-0.39, 0.29) is 0 Å². The van der Waals surface area contributed by atoms with Crippen LogP contribution in [0.5, 0.6) is 0 Å². The molecule has 0 aliphatic carbocycles. The predicted octanol–water partition coefficient (Wildman–Crippen LogP) is 6.40. The number of nitrogens with zero attached hydrogens (tertiary/aromatic N) is 4. The van der Waals surface area contributed by atoms with Crippen LogP contribution in [0, 0.1) is 0 Å². The van der Waals surface area contributed by atoms with Gasteiger partial charge in [-0.25, -0.2) is 20.3 Å². The number of methoxy groups -OCH3 is 1. The minimum absolute atomic E-state index is 0.619. The third-order valence-electron chi connectivity index (χ3n) is 7.46. The molecule has 1 fully saturated rings. The van der Waals surface area contributed by atoms with Crippen LogP contribution in [0.4, 0.5) is 4.79 Å². The number of amides is 1. The number of likely N-dealkylation sites (tertiary alicyclic amines) is 1. The molecule has 0 spiro atoms. The van der Waals surface area contributed by atoms with Crippen molar-refractivity contribution in [2.45, 2.75) is 18.9 Å². The van der Waals surface area contributed by atoms with Gasteiger partial charge in [-0.15, -0.1) is 11.3 Å². The number of hydrogen-bond donors (Lipinski definition) is 2. The number of alkyl carbamates (subject to hydrolysis) is 1. The number of imidazole rings is 1. The van der Waals surface area contributed by atoms with E-state index in [1.54, 1.807) is 40.7 Å². The lowest BCUT2D eigenvalue weighted by molar-refractivity contribution is -0.121. The summed E-state index contributed by atoms with van der Waals surface area (Å²) in [6.45, 7) is 2.64. The largest absolute Gasteiger partial charge is 0.453 e. The van der Waals surface area contributed by atoms with E-state index in [0.29, 0.717) is 6.29 Å². The molecule has 2 aromatic heterocycles. The van der Waals surface area contributed by atoms with Gasteiger partial charge >= 0.3 is 6.09 Å². The van der Waals surface area contributed by atoms with Crippen molar-refractivity contribution >= 4 is 34.4 Å². The minimum atomic E-state index is -0.649. The van der Waals surface area contributed by atoms with E-state index in [1.807, 2.05) is 25.4 Å². The zero-order valence-electron chi connectivity index (χ0n) is 26.1. The van der Waals surface area contributed by atoms with Gasteiger partial charge in [-0.1, -0.05) is 84.9 Å². The molecule has 2 aliphatic heterocycles. The van der Waals surface area contributed by atoms with Crippen LogP contribution in [0.3, 0.4) is 0 Å². The van der Waals surface area contributed by atoms with Crippen molar-refractivity contribution in [1.29, 1.82) is 0 Å². The minimum Gasteiger partial charge on any atom is -0.453 e. The Morgan fingerprint density at radius 1 is 0.957 bits per heavy atom. The van der Waals surface area contributed by atoms with Crippen LogP contribution in [0.25, 0.3) is 33.2 Å². The van der Waals surface area contributed by atoms with Crippen LogP contribution >= 0.6 is 11.3 Å². The maximum atomic E-state index is 10.9. The second kappa shape index (κ2) is 15.8. The molecule has 11 heteroatoms. The van der Waals surface area contributed by atoms with Gasteiger partial charge in [-0.2, -0.15) is 4.94 Å². The molecule has 1 saturated heterocycles. The zero-order valence-corrected chi connectivity index (χ0v) is 26.9. The van der Waals surface area contributed by atoms with Gasteiger partial charge in [-0.3, -0.25) is 4.40 Å². The number of nitrogens with one attached hydrogen (secondary N) is 2. The summed E-state index contributed by atoms with van der Waals surface area (Å²) in [6, 6.07) is 27.0. The first-order chi connectivity index (χ1) is 22.4. The van der Waals surface area contributed by atoms with E-state index in [9.17, 15) is 9.59 Å². The van der Waals surface area contributed by atoms with Crippen LogP contribution in [-0.2, 0) is 14.5 Å². The first-order valence-corrected chi connectivity index (χ1v) is 15.9. The van der Waals surface area contributed by atoms with Gasteiger partial charge in [0.15, 0.2) is 4.96 Å². The van der Waals surface area contributed by atoms with Crippen LogP contribution in [-0.4, -0.2) is 66.0 Å². The second-order valence-electron chi connectivity index (χ2n) is 10.8. The lowest BCUT2D eigenvalue weighted by Gasteiger charge is -2.11. The molecule has 0 saturated carbocycles. The van der Waals surface area contributed by atoms with Gasteiger partial charge in [-0.05, 0) is 44.1 Å². The average Bonchev–Trinajstić information content (AvgIpc) is 3.91. The monoisotopic (exact) mass is 638 g/mol. The van der Waals surface area contributed by atoms with E-state index < -0.39 is 12.1 Å². The van der Waals surface area contributed by atoms with Gasteiger partial charge in [0.25, 0.3) is 0 Å². The Morgan fingerprint density at radius 3 is 2.17 bits per heavy atom. The normalized spacial score (nSPS) is 14.7. The number of hydrogen-bond acceptors (Lipinski definition) is 9. The molecule has 5 aromatic rings. The molecule has 0 bridgehead atoms. The molecular formula is C35H38N6O4S. The smallest absolute Gasteiger partial charge is 0.407 e. The standard InChI is InChI=1S/C20H16N4OS.C10H11NO3.C5H11N/c1-23-11-18(22-25-23)15-9-7-14(8-10-15)17-12-24-19(13-26-20(24)21-17)16-5-3-2-4-6-16;1-14-10(13)11-9(7-12)8-5-3-2-4-6-8;1-6-4-2-3-5-6/h2-13,22H,1H3;2-7,9H,1H3,(H,11,13);2-5H2,1H3. The number of aldehydes is 1. The molecule has 1 atom stereocenters. The van der Waals surface area contributed by atoms with Crippen molar-refractivity contribution in [2.24, 2.45) is 0 Å². The van der Waals surface area contributed by atoms with Crippen LogP contribution in [0.15, 0.2) is 103 Å². The average molecular weight is 639 g/mol. The molecule has 4 heterocycles. The second-order valence-corrected chi connectivity index (χ2v) is 11.6. The summed E-state index contributed by atoms with van der Waals surface area (Å²) in [7, 11) is 5.27. The molecule has 0 radical (unpaired) electrons. The number of ether oxygens (including phenoxy) is 1. The molecule has 46 heavy (non-hydrogen) atoms. The number of aromatic nitrogens is 2. The third kappa shape index (κ3) is 8.39. The van der Waals surface area contributed by atoms with E-state index >= 15 is 0 Å². The lowest BCUT2D eigenvalue weighted by Crippen LogP contribution is -2.29. The summed E-state index contributed by atoms with van der Waals surface area (Å²) in [6.07, 6.45) is 6.88. The van der Waals surface area contributed by atoms with E-state index in [1.165, 1.54) is 44.3 Å². The first kappa shape index (κ1) is 32.4. The quantitative estimate of drug-likeness (QED) is 0.206. The maximum Gasteiger partial charge on any atom is 0.407 e. The van der Waals surface area contributed by atoms with E-state index in [4.69, 9.17) is 9.92 Å². The molecule has 2 N–H and O–H groups in total. The Labute approximate surface area is 272 Å². The molecular weight excluding hydrogens is 600 g/mol. The zero-order chi connectivity index (χ0) is 32.3. The first-order valence-electron chi connectivity index (χ1n) is 15.0. The highest BCUT2D eigenvalue weighted by Gasteiger charge is 2.14. The van der Waals surface area contributed by atoms with E-state index in [0.717, 1.165) is 33.0 Å². The molecule has 2 aliphatic rings. The summed E-state index contributed by atoms with van der Waals surface area (Å²) in [5.74, 6) is 0. The summed E-state index contributed by atoms with van der Waals surface area (Å²) in [5.41, 5.74) is 10.1. The Morgan fingerprint density at radius 2 is 1.61 bits per heavy atom. The van der Waals surface area contributed by atoms with Crippen LogP contribution in [0.1, 0.15) is 30.0 Å². The Kier molecular flexibility index (Phi) is 11.2. The van der Waals surface area contributed by atoms with Crippen molar-refractivity contribution in [2.75, 3.05) is 34.3 Å². The van der Waals surface area contributed by atoms with Crippen LogP contribution < -0.4 is 10.8 Å². The number of rotatable bonds is 6. The molecule has 3 aromatic carbocycles. The number of benzene rings is 3. The molecule has 238 valence electrons. The summed E-state index contributed by atoms with van der Waals surface area (Å²) in [4.78, 5) is 34.9. The number of carbonyl (C=O) groups excluding carboxylic acids is 2. The topological polar surface area (TPSA) is 100 Å². The van der Waals surface area contributed by atoms with Crippen molar-refractivity contribution in [1.82, 2.24) is 30.1 Å². The SMILES string of the molecule is CN1C=C(c2ccc(-c3cn4c(-c5ccccc5)csc4n3)cc2)NO1.CN1CCCC1.COC(=O)NC(C=O)c1ccccc1. The summed E-state index contributed by atoms with van der Waals surface area (Å²) < 4.78 is 6.55.